The average molecular weight is 425 g/mol. The monoisotopic (exact) mass is 425 g/mol. The SMILES string of the molecule is O=C(Nc1nc2ccccc2s1)C1=CCC(c2ncc(C[C@@H](O)CO)cc2F)C=C1. The molecule has 2 heterocycles. The quantitative estimate of drug-likeness (QED) is 0.563. The van der Waals surface area contributed by atoms with Crippen molar-refractivity contribution in [3.63, 3.8) is 0 Å². The highest BCUT2D eigenvalue weighted by molar-refractivity contribution is 7.22. The average Bonchev–Trinajstić information content (AvgIpc) is 3.16. The number of thiazole rings is 1. The van der Waals surface area contributed by atoms with Gasteiger partial charge >= 0.3 is 0 Å². The number of hydrogen-bond donors (Lipinski definition) is 3. The summed E-state index contributed by atoms with van der Waals surface area (Å²) < 4.78 is 15.5. The van der Waals surface area contributed by atoms with E-state index in [1.54, 1.807) is 18.2 Å². The van der Waals surface area contributed by atoms with E-state index in [-0.39, 0.29) is 30.5 Å². The number of pyridine rings is 1. The van der Waals surface area contributed by atoms with Crippen molar-refractivity contribution in [1.82, 2.24) is 9.97 Å². The molecule has 1 amide bonds. The van der Waals surface area contributed by atoms with Crippen LogP contribution in [0.15, 0.2) is 60.3 Å². The summed E-state index contributed by atoms with van der Waals surface area (Å²) >= 11 is 1.41. The van der Waals surface area contributed by atoms with E-state index in [0.29, 0.717) is 22.7 Å². The molecule has 30 heavy (non-hydrogen) atoms. The highest BCUT2D eigenvalue weighted by atomic mass is 32.1. The smallest absolute Gasteiger partial charge is 0.257 e. The van der Waals surface area contributed by atoms with Gasteiger partial charge in [0.15, 0.2) is 5.13 Å². The van der Waals surface area contributed by atoms with Crippen LogP contribution in [0.25, 0.3) is 10.2 Å². The van der Waals surface area contributed by atoms with Gasteiger partial charge in [0.2, 0.25) is 0 Å². The van der Waals surface area contributed by atoms with E-state index >= 15 is 0 Å². The highest BCUT2D eigenvalue weighted by Crippen LogP contribution is 2.29. The van der Waals surface area contributed by atoms with E-state index in [2.05, 4.69) is 15.3 Å². The number of carbonyl (C=O) groups excluding carboxylic acids is 1. The van der Waals surface area contributed by atoms with Crippen LogP contribution in [0.3, 0.4) is 0 Å². The minimum Gasteiger partial charge on any atom is -0.394 e. The maximum atomic E-state index is 14.5. The maximum Gasteiger partial charge on any atom is 0.257 e. The van der Waals surface area contributed by atoms with Crippen molar-refractivity contribution >= 4 is 32.6 Å². The van der Waals surface area contributed by atoms with Crippen molar-refractivity contribution in [2.75, 3.05) is 11.9 Å². The number of aromatic nitrogens is 2. The Morgan fingerprint density at radius 3 is 2.90 bits per heavy atom. The first-order valence-electron chi connectivity index (χ1n) is 9.52. The van der Waals surface area contributed by atoms with Crippen molar-refractivity contribution in [2.24, 2.45) is 0 Å². The van der Waals surface area contributed by atoms with Gasteiger partial charge in [-0.2, -0.15) is 0 Å². The molecule has 0 fully saturated rings. The minimum atomic E-state index is -0.939. The van der Waals surface area contributed by atoms with Gasteiger partial charge in [-0.3, -0.25) is 15.1 Å². The van der Waals surface area contributed by atoms with E-state index in [9.17, 15) is 14.3 Å². The van der Waals surface area contributed by atoms with E-state index < -0.39 is 11.9 Å². The number of rotatable bonds is 6. The van der Waals surface area contributed by atoms with Gasteiger partial charge in [0.25, 0.3) is 5.91 Å². The fourth-order valence-electron chi connectivity index (χ4n) is 3.30. The van der Waals surface area contributed by atoms with Gasteiger partial charge in [-0.05, 0) is 30.2 Å². The van der Waals surface area contributed by atoms with Crippen LogP contribution >= 0.6 is 11.3 Å². The first-order chi connectivity index (χ1) is 14.5. The van der Waals surface area contributed by atoms with Crippen LogP contribution in [0.5, 0.6) is 0 Å². The lowest BCUT2D eigenvalue weighted by atomic mass is 9.92. The number of aliphatic hydroxyl groups excluding tert-OH is 2. The number of amides is 1. The standard InChI is InChI=1S/C22H20FN3O3S/c23-17-10-13(9-16(28)12-27)11-24-20(17)14-5-7-15(8-6-14)21(29)26-22-25-18-3-1-2-4-19(18)30-22/h1-5,7-8,10-11,14,16,27-28H,6,9,12H2,(H,25,26,29)/t14?,16-/m1/s1. The summed E-state index contributed by atoms with van der Waals surface area (Å²) in [5, 5.41) is 21.7. The van der Waals surface area contributed by atoms with Crippen LogP contribution in [-0.2, 0) is 11.2 Å². The highest BCUT2D eigenvalue weighted by Gasteiger charge is 2.20. The number of fused-ring (bicyclic) bond motifs is 1. The summed E-state index contributed by atoms with van der Waals surface area (Å²) in [7, 11) is 0. The van der Waals surface area contributed by atoms with Crippen molar-refractivity contribution < 1.29 is 19.4 Å². The summed E-state index contributed by atoms with van der Waals surface area (Å²) in [6.45, 7) is -0.388. The van der Waals surface area contributed by atoms with Crippen molar-refractivity contribution in [2.45, 2.75) is 24.9 Å². The summed E-state index contributed by atoms with van der Waals surface area (Å²) in [6, 6.07) is 8.99. The van der Waals surface area contributed by atoms with Crippen LogP contribution in [0.4, 0.5) is 9.52 Å². The van der Waals surface area contributed by atoms with Gasteiger partial charge in [0.1, 0.15) is 5.82 Å². The molecule has 8 heteroatoms. The zero-order chi connectivity index (χ0) is 21.1. The third kappa shape index (κ3) is 4.46. The topological polar surface area (TPSA) is 95.3 Å². The number of anilines is 1. The summed E-state index contributed by atoms with van der Waals surface area (Å²) in [5.41, 5.74) is 2.13. The van der Waals surface area contributed by atoms with Crippen LogP contribution in [-0.4, -0.2) is 38.8 Å². The van der Waals surface area contributed by atoms with E-state index in [1.165, 1.54) is 23.6 Å². The molecule has 0 radical (unpaired) electrons. The second kappa shape index (κ2) is 8.83. The van der Waals surface area contributed by atoms with Gasteiger partial charge < -0.3 is 10.2 Å². The van der Waals surface area contributed by atoms with E-state index in [4.69, 9.17) is 5.11 Å². The number of halogens is 1. The first-order valence-corrected chi connectivity index (χ1v) is 10.3. The van der Waals surface area contributed by atoms with Crippen molar-refractivity contribution in [3.8, 4) is 0 Å². The Morgan fingerprint density at radius 1 is 1.37 bits per heavy atom. The Balaban J connectivity index is 1.41. The Labute approximate surface area is 176 Å². The van der Waals surface area contributed by atoms with E-state index in [1.807, 2.05) is 24.3 Å². The number of benzene rings is 1. The number of allylic oxidation sites excluding steroid dienone is 2. The molecular weight excluding hydrogens is 405 g/mol. The number of aliphatic hydroxyl groups is 2. The van der Waals surface area contributed by atoms with Crippen LogP contribution in [0.1, 0.15) is 23.6 Å². The van der Waals surface area contributed by atoms with Crippen LogP contribution < -0.4 is 5.32 Å². The zero-order valence-electron chi connectivity index (χ0n) is 16.0. The molecule has 0 aliphatic heterocycles. The van der Waals surface area contributed by atoms with Crippen LogP contribution in [0, 0.1) is 5.82 Å². The predicted octanol–water partition coefficient (Wildman–Crippen LogP) is 3.33. The van der Waals surface area contributed by atoms with E-state index in [0.717, 1.165) is 10.2 Å². The number of para-hydroxylation sites is 1. The lowest BCUT2D eigenvalue weighted by Gasteiger charge is -2.17. The Kier molecular flexibility index (Phi) is 5.98. The van der Waals surface area contributed by atoms with Gasteiger partial charge in [0, 0.05) is 24.1 Å². The fourth-order valence-corrected chi connectivity index (χ4v) is 4.16. The van der Waals surface area contributed by atoms with Crippen molar-refractivity contribution in [1.29, 1.82) is 0 Å². The molecule has 1 aromatic carbocycles. The lowest BCUT2D eigenvalue weighted by Crippen LogP contribution is -2.17. The third-order valence-corrected chi connectivity index (χ3v) is 5.79. The lowest BCUT2D eigenvalue weighted by molar-refractivity contribution is -0.112. The second-order valence-electron chi connectivity index (χ2n) is 7.05. The number of nitrogens with one attached hydrogen (secondary N) is 1. The first kappa shape index (κ1) is 20.3. The molecule has 0 saturated heterocycles. The molecule has 0 spiro atoms. The molecule has 1 aliphatic carbocycles. The molecule has 3 N–H and O–H groups in total. The Bertz CT molecular complexity index is 1110. The number of carbonyl (C=O) groups is 1. The molecule has 0 bridgehead atoms. The van der Waals surface area contributed by atoms with Gasteiger partial charge in [-0.25, -0.2) is 9.37 Å². The van der Waals surface area contributed by atoms with Crippen molar-refractivity contribution in [3.05, 3.63) is 77.4 Å². The Hall–Kier alpha value is -2.94. The predicted molar refractivity (Wildman–Crippen MR) is 114 cm³/mol. The molecule has 6 nitrogen and oxygen atoms in total. The zero-order valence-corrected chi connectivity index (χ0v) is 16.8. The molecule has 154 valence electrons. The number of hydrogen-bond acceptors (Lipinski definition) is 6. The van der Waals surface area contributed by atoms with Gasteiger partial charge in [0.05, 0.1) is 28.6 Å². The second-order valence-corrected chi connectivity index (χ2v) is 8.08. The molecule has 4 rings (SSSR count). The molecular formula is C22H20FN3O3S. The molecule has 2 atom stereocenters. The number of nitrogens with zero attached hydrogens (tertiary/aromatic N) is 2. The molecule has 3 aromatic rings. The normalized spacial score (nSPS) is 17.0. The third-order valence-electron chi connectivity index (χ3n) is 4.84. The van der Waals surface area contributed by atoms with Gasteiger partial charge in [-0.1, -0.05) is 41.7 Å². The summed E-state index contributed by atoms with van der Waals surface area (Å²) in [5.74, 6) is -1.01. The van der Waals surface area contributed by atoms with Gasteiger partial charge in [-0.15, -0.1) is 0 Å². The van der Waals surface area contributed by atoms with Crippen LogP contribution in [0.2, 0.25) is 0 Å². The summed E-state index contributed by atoms with van der Waals surface area (Å²) in [6.07, 6.45) is 6.34. The Morgan fingerprint density at radius 2 is 2.20 bits per heavy atom. The molecule has 2 aromatic heterocycles. The largest absolute Gasteiger partial charge is 0.394 e. The fraction of sp³-hybridized carbons (Fsp3) is 0.227. The molecule has 1 unspecified atom stereocenters. The molecule has 0 saturated carbocycles. The maximum absolute atomic E-state index is 14.5. The summed E-state index contributed by atoms with van der Waals surface area (Å²) in [4.78, 5) is 21.1. The minimum absolute atomic E-state index is 0.136. The molecule has 1 aliphatic rings.